The average Bonchev–Trinajstić information content (AvgIpc) is 2.19. The number of nitrogens with two attached hydrogens (primary N) is 1. The Labute approximate surface area is 104 Å². The van der Waals surface area contributed by atoms with E-state index in [4.69, 9.17) is 5.73 Å². The van der Waals surface area contributed by atoms with Crippen LogP contribution in [0.25, 0.3) is 0 Å². The Morgan fingerprint density at radius 2 is 1.79 bits per heavy atom. The summed E-state index contributed by atoms with van der Waals surface area (Å²) in [5.41, 5.74) is 5.31. The van der Waals surface area contributed by atoms with Crippen molar-refractivity contribution < 1.29 is 14.3 Å². The van der Waals surface area contributed by atoms with Gasteiger partial charge >= 0.3 is 41.5 Å². The molecule has 14 heavy (non-hydrogen) atoms. The molecule has 1 aromatic carbocycles. The number of esters is 2. The Kier molecular flexibility index (Phi) is 6.40. The minimum atomic E-state index is -0.728. The fourth-order valence-electron chi connectivity index (χ4n) is 0.778. The molecule has 0 aliphatic heterocycles. The van der Waals surface area contributed by atoms with E-state index in [0.29, 0.717) is 5.56 Å². The van der Waals surface area contributed by atoms with E-state index in [1.54, 1.807) is 30.3 Å². The zero-order valence-electron chi connectivity index (χ0n) is 6.90. The summed E-state index contributed by atoms with van der Waals surface area (Å²) in [4.78, 5) is 21.7. The zero-order chi connectivity index (χ0) is 9.68. The van der Waals surface area contributed by atoms with Crippen molar-refractivity contribution in [3.05, 3.63) is 35.9 Å². The normalized spacial score (nSPS) is 8.64. The number of hydrogen-bond acceptors (Lipinski definition) is 4. The standard InChI is InChI=1S/C9H9NO3.Na.H/c10-6-8(11)13-9(12)7-4-2-1-3-5-7;;/h1-5H,6,10H2;;. The first-order valence-electron chi connectivity index (χ1n) is 3.74. The molecular weight excluding hydrogens is 193 g/mol. The van der Waals surface area contributed by atoms with Crippen LogP contribution in [0.2, 0.25) is 0 Å². The van der Waals surface area contributed by atoms with Crippen LogP contribution in [-0.2, 0) is 9.53 Å². The van der Waals surface area contributed by atoms with E-state index in [-0.39, 0.29) is 36.1 Å². The van der Waals surface area contributed by atoms with Crippen molar-refractivity contribution in [2.24, 2.45) is 5.73 Å². The van der Waals surface area contributed by atoms with Crippen molar-refractivity contribution in [2.75, 3.05) is 6.54 Å². The van der Waals surface area contributed by atoms with Gasteiger partial charge in [0.25, 0.3) is 0 Å². The topological polar surface area (TPSA) is 69.4 Å². The van der Waals surface area contributed by atoms with E-state index < -0.39 is 11.9 Å². The molecule has 1 rings (SSSR count). The fourth-order valence-corrected chi connectivity index (χ4v) is 0.778. The van der Waals surface area contributed by atoms with E-state index >= 15 is 0 Å². The van der Waals surface area contributed by atoms with Gasteiger partial charge in [0.1, 0.15) is 0 Å². The van der Waals surface area contributed by atoms with Gasteiger partial charge in [-0.25, -0.2) is 4.79 Å². The molecule has 0 saturated carbocycles. The molecule has 70 valence electrons. The van der Waals surface area contributed by atoms with Crippen molar-refractivity contribution in [3.63, 3.8) is 0 Å². The van der Waals surface area contributed by atoms with Crippen LogP contribution < -0.4 is 5.73 Å². The monoisotopic (exact) mass is 203 g/mol. The summed E-state index contributed by atoms with van der Waals surface area (Å²) in [5, 5.41) is 0. The molecule has 0 unspecified atom stereocenters. The van der Waals surface area contributed by atoms with Crippen LogP contribution in [0.3, 0.4) is 0 Å². The molecule has 0 fully saturated rings. The molecule has 0 aliphatic carbocycles. The first-order valence-corrected chi connectivity index (χ1v) is 3.74. The Morgan fingerprint density at radius 1 is 1.21 bits per heavy atom. The molecule has 0 bridgehead atoms. The van der Waals surface area contributed by atoms with Gasteiger partial charge in [-0.2, -0.15) is 0 Å². The number of benzene rings is 1. The van der Waals surface area contributed by atoms with Gasteiger partial charge in [-0.3, -0.25) is 4.79 Å². The Balaban J connectivity index is 0.00000169. The van der Waals surface area contributed by atoms with E-state index in [1.165, 1.54) is 0 Å². The predicted octanol–water partition coefficient (Wildman–Crippen LogP) is -0.320. The molecule has 1 aromatic rings. The predicted molar refractivity (Wildman–Crippen MR) is 53.1 cm³/mol. The van der Waals surface area contributed by atoms with E-state index in [2.05, 4.69) is 4.74 Å². The second kappa shape index (κ2) is 6.73. The molecule has 0 saturated heterocycles. The number of rotatable bonds is 2. The molecular formula is C9H10NNaO3. The average molecular weight is 203 g/mol. The summed E-state index contributed by atoms with van der Waals surface area (Å²) in [5.74, 6) is -1.40. The molecule has 0 heterocycles. The van der Waals surface area contributed by atoms with Gasteiger partial charge in [-0.15, -0.1) is 0 Å². The summed E-state index contributed by atoms with van der Waals surface area (Å²) in [6.45, 7) is -0.293. The first-order chi connectivity index (χ1) is 6.24. The number of carbonyl (C=O) groups excluding carboxylic acids is 2. The summed E-state index contributed by atoms with van der Waals surface area (Å²) >= 11 is 0. The Hall–Kier alpha value is -0.680. The minimum absolute atomic E-state index is 0. The maximum absolute atomic E-state index is 11.1. The summed E-state index contributed by atoms with van der Waals surface area (Å²) in [6.07, 6.45) is 0. The van der Waals surface area contributed by atoms with Crippen molar-refractivity contribution in [1.82, 2.24) is 0 Å². The van der Waals surface area contributed by atoms with Crippen LogP contribution in [0.15, 0.2) is 30.3 Å². The van der Waals surface area contributed by atoms with Gasteiger partial charge in [-0.1, -0.05) is 18.2 Å². The van der Waals surface area contributed by atoms with Crippen molar-refractivity contribution >= 4 is 41.5 Å². The SMILES string of the molecule is NCC(=O)OC(=O)c1ccccc1.[NaH]. The third kappa shape index (κ3) is 4.02. The molecule has 0 spiro atoms. The molecule has 0 aromatic heterocycles. The number of carbonyl (C=O) groups is 2. The quantitative estimate of drug-likeness (QED) is 0.406. The number of hydrogen-bond donors (Lipinski definition) is 1. The van der Waals surface area contributed by atoms with Gasteiger partial charge in [0.2, 0.25) is 0 Å². The van der Waals surface area contributed by atoms with Gasteiger partial charge in [0, 0.05) is 0 Å². The maximum atomic E-state index is 11.1. The molecule has 0 aliphatic rings. The van der Waals surface area contributed by atoms with Gasteiger partial charge in [0.15, 0.2) is 0 Å². The van der Waals surface area contributed by atoms with Gasteiger partial charge in [0.05, 0.1) is 12.1 Å². The van der Waals surface area contributed by atoms with Crippen LogP contribution in [-0.4, -0.2) is 48.0 Å². The van der Waals surface area contributed by atoms with Gasteiger partial charge in [-0.05, 0) is 12.1 Å². The van der Waals surface area contributed by atoms with Crippen LogP contribution >= 0.6 is 0 Å². The van der Waals surface area contributed by atoms with E-state index in [1.807, 2.05) is 0 Å². The summed E-state index contributed by atoms with van der Waals surface area (Å²) in [7, 11) is 0. The third-order valence-corrected chi connectivity index (χ3v) is 1.38. The molecule has 0 atom stereocenters. The Bertz CT molecular complexity index is 313. The van der Waals surface area contributed by atoms with Crippen molar-refractivity contribution in [1.29, 1.82) is 0 Å². The van der Waals surface area contributed by atoms with Crippen LogP contribution in [0.5, 0.6) is 0 Å². The third-order valence-electron chi connectivity index (χ3n) is 1.38. The first kappa shape index (κ1) is 13.3. The molecule has 0 amide bonds. The van der Waals surface area contributed by atoms with E-state index in [9.17, 15) is 9.59 Å². The molecule has 5 heteroatoms. The van der Waals surface area contributed by atoms with E-state index in [0.717, 1.165) is 0 Å². The summed E-state index contributed by atoms with van der Waals surface area (Å²) < 4.78 is 4.38. The van der Waals surface area contributed by atoms with Crippen LogP contribution in [0, 0.1) is 0 Å². The Morgan fingerprint density at radius 3 is 2.29 bits per heavy atom. The zero-order valence-corrected chi connectivity index (χ0v) is 6.90. The molecule has 4 nitrogen and oxygen atoms in total. The van der Waals surface area contributed by atoms with Gasteiger partial charge < -0.3 is 10.5 Å². The molecule has 2 N–H and O–H groups in total. The van der Waals surface area contributed by atoms with Crippen molar-refractivity contribution in [3.8, 4) is 0 Å². The second-order valence-corrected chi connectivity index (χ2v) is 2.33. The summed E-state index contributed by atoms with van der Waals surface area (Å²) in [6, 6.07) is 8.26. The number of ether oxygens (including phenoxy) is 1. The van der Waals surface area contributed by atoms with Crippen molar-refractivity contribution in [2.45, 2.75) is 0 Å². The fraction of sp³-hybridized carbons (Fsp3) is 0.111. The molecule has 0 radical (unpaired) electrons. The van der Waals surface area contributed by atoms with Crippen LogP contribution in [0.4, 0.5) is 0 Å². The van der Waals surface area contributed by atoms with Crippen LogP contribution in [0.1, 0.15) is 10.4 Å². The second-order valence-electron chi connectivity index (χ2n) is 2.33.